The highest BCUT2D eigenvalue weighted by molar-refractivity contribution is 5.95. The minimum Gasteiger partial charge on any atom is -0.326 e. The Morgan fingerprint density at radius 1 is 1.10 bits per heavy atom. The van der Waals surface area contributed by atoms with E-state index in [-0.39, 0.29) is 29.5 Å². The number of hydrogen-bond donors (Lipinski definition) is 1. The Bertz CT molecular complexity index is 510. The first-order valence-corrected chi connectivity index (χ1v) is 7.23. The number of Topliss-reactive ketones (excluding diaryl/α,β-unsaturated/α-hetero) is 1. The summed E-state index contributed by atoms with van der Waals surface area (Å²) in [6.45, 7) is 0. The molecule has 1 N–H and O–H groups in total. The summed E-state index contributed by atoms with van der Waals surface area (Å²) >= 11 is 0. The Balaban J connectivity index is 1.66. The van der Waals surface area contributed by atoms with E-state index in [4.69, 9.17) is 0 Å². The predicted octanol–water partition coefficient (Wildman–Crippen LogP) is 3.16. The van der Waals surface area contributed by atoms with Crippen molar-refractivity contribution in [1.29, 1.82) is 0 Å². The highest BCUT2D eigenvalue weighted by atomic mass is 19.1. The monoisotopic (exact) mass is 275 g/mol. The van der Waals surface area contributed by atoms with E-state index in [0.717, 1.165) is 19.3 Å². The fraction of sp³-hybridized carbons (Fsp3) is 0.500. The number of anilines is 1. The lowest BCUT2D eigenvalue weighted by Crippen LogP contribution is -2.40. The smallest absolute Gasteiger partial charge is 0.227 e. The van der Waals surface area contributed by atoms with Crippen LogP contribution in [0.25, 0.3) is 0 Å². The number of carbonyl (C=O) groups is 2. The first kappa shape index (κ1) is 13.3. The van der Waals surface area contributed by atoms with Gasteiger partial charge >= 0.3 is 0 Å². The van der Waals surface area contributed by atoms with Crippen LogP contribution in [-0.4, -0.2) is 11.7 Å². The number of hydrogen-bond acceptors (Lipinski definition) is 2. The van der Waals surface area contributed by atoms with Crippen LogP contribution in [0.5, 0.6) is 0 Å². The van der Waals surface area contributed by atoms with Crippen molar-refractivity contribution in [2.45, 2.75) is 32.1 Å². The summed E-state index contributed by atoms with van der Waals surface area (Å²) in [4.78, 5) is 24.3. The molecule has 1 aromatic rings. The molecule has 0 aliphatic heterocycles. The van der Waals surface area contributed by atoms with Crippen LogP contribution in [-0.2, 0) is 9.59 Å². The van der Waals surface area contributed by atoms with Gasteiger partial charge in [0.25, 0.3) is 0 Å². The van der Waals surface area contributed by atoms with Crippen molar-refractivity contribution in [1.82, 2.24) is 0 Å². The number of halogens is 1. The Kier molecular flexibility index (Phi) is 3.55. The first-order valence-electron chi connectivity index (χ1n) is 7.23. The molecule has 106 valence electrons. The molecule has 1 amide bonds. The lowest BCUT2D eigenvalue weighted by molar-refractivity contribution is -0.136. The summed E-state index contributed by atoms with van der Waals surface area (Å²) < 4.78 is 12.8. The summed E-state index contributed by atoms with van der Waals surface area (Å²) in [5.41, 5.74) is 0.610. The Morgan fingerprint density at radius 2 is 1.70 bits per heavy atom. The zero-order valence-electron chi connectivity index (χ0n) is 11.3. The maximum Gasteiger partial charge on any atom is 0.227 e. The number of fused-ring (bicyclic) bond motifs is 2. The molecule has 2 fully saturated rings. The third-order valence-electron chi connectivity index (χ3n) is 4.53. The van der Waals surface area contributed by atoms with E-state index < -0.39 is 0 Å². The summed E-state index contributed by atoms with van der Waals surface area (Å²) in [6, 6.07) is 5.77. The third kappa shape index (κ3) is 2.60. The fourth-order valence-corrected chi connectivity index (χ4v) is 3.47. The Hall–Kier alpha value is -1.71. The van der Waals surface area contributed by atoms with Crippen molar-refractivity contribution in [2.75, 3.05) is 5.32 Å². The van der Waals surface area contributed by atoms with Gasteiger partial charge in [-0.05, 0) is 49.9 Å². The van der Waals surface area contributed by atoms with Crippen molar-refractivity contribution in [2.24, 2.45) is 17.8 Å². The van der Waals surface area contributed by atoms with Gasteiger partial charge < -0.3 is 5.32 Å². The van der Waals surface area contributed by atoms with E-state index in [2.05, 4.69) is 5.32 Å². The molecule has 3 nitrogen and oxygen atoms in total. The summed E-state index contributed by atoms with van der Waals surface area (Å²) in [6.07, 6.45) is 4.30. The molecule has 0 aromatic heterocycles. The van der Waals surface area contributed by atoms with Crippen molar-refractivity contribution in [3.63, 3.8) is 0 Å². The first-order chi connectivity index (χ1) is 9.63. The van der Waals surface area contributed by atoms with Gasteiger partial charge in [-0.3, -0.25) is 9.59 Å². The molecular formula is C16H18FNO2. The van der Waals surface area contributed by atoms with Crippen LogP contribution in [0.4, 0.5) is 10.1 Å². The van der Waals surface area contributed by atoms with Crippen LogP contribution in [0.1, 0.15) is 32.1 Å². The zero-order valence-corrected chi connectivity index (χ0v) is 11.3. The molecule has 20 heavy (non-hydrogen) atoms. The second kappa shape index (κ2) is 5.35. The van der Waals surface area contributed by atoms with E-state index in [9.17, 15) is 14.0 Å². The average molecular weight is 275 g/mol. The lowest BCUT2D eigenvalue weighted by Gasteiger charge is -2.36. The molecule has 2 aliphatic rings. The van der Waals surface area contributed by atoms with E-state index in [0.29, 0.717) is 24.3 Å². The molecule has 0 heterocycles. The normalized spacial score (nSPS) is 29.1. The number of nitrogens with one attached hydrogen (secondary N) is 1. The van der Waals surface area contributed by atoms with Gasteiger partial charge in [0, 0.05) is 23.4 Å². The molecular weight excluding hydrogens is 257 g/mol. The van der Waals surface area contributed by atoms with Gasteiger partial charge in [0.15, 0.2) is 0 Å². The molecule has 3 rings (SSSR count). The van der Waals surface area contributed by atoms with Gasteiger partial charge in [-0.25, -0.2) is 4.39 Å². The van der Waals surface area contributed by atoms with Gasteiger partial charge in [0.2, 0.25) is 5.91 Å². The van der Waals surface area contributed by atoms with Gasteiger partial charge in [0.1, 0.15) is 11.6 Å². The standard InChI is InChI=1S/C16H18FNO2/c17-13-4-6-14(7-5-13)18-16(20)12-8-10-2-1-3-11(9-12)15(10)19/h4-7,10-12H,1-3,8-9H2,(H,18,20). The minimum atomic E-state index is -0.319. The van der Waals surface area contributed by atoms with Crippen LogP contribution in [0.2, 0.25) is 0 Å². The van der Waals surface area contributed by atoms with Crippen LogP contribution < -0.4 is 5.32 Å². The molecule has 4 heteroatoms. The SMILES string of the molecule is O=C(Nc1ccc(F)cc1)C1CC2CCCC(C1)C2=O. The van der Waals surface area contributed by atoms with Crippen molar-refractivity contribution in [3.8, 4) is 0 Å². The second-order valence-electron chi connectivity index (χ2n) is 5.89. The molecule has 2 unspecified atom stereocenters. The summed E-state index contributed by atoms with van der Waals surface area (Å²) in [7, 11) is 0. The molecule has 0 spiro atoms. The quantitative estimate of drug-likeness (QED) is 0.901. The van der Waals surface area contributed by atoms with Crippen LogP contribution in [0, 0.1) is 23.6 Å². The average Bonchev–Trinajstić information content (AvgIpc) is 2.41. The molecule has 0 saturated heterocycles. The maximum absolute atomic E-state index is 12.8. The van der Waals surface area contributed by atoms with Gasteiger partial charge in [-0.2, -0.15) is 0 Å². The minimum absolute atomic E-state index is 0.0407. The highest BCUT2D eigenvalue weighted by Crippen LogP contribution is 2.40. The number of amides is 1. The molecule has 1 aromatic carbocycles. The Labute approximate surface area is 117 Å². The third-order valence-corrected chi connectivity index (χ3v) is 4.53. The van der Waals surface area contributed by atoms with Gasteiger partial charge in [0.05, 0.1) is 0 Å². The van der Waals surface area contributed by atoms with E-state index in [1.807, 2.05) is 0 Å². The van der Waals surface area contributed by atoms with Crippen LogP contribution in [0.15, 0.2) is 24.3 Å². The molecule has 2 aliphatic carbocycles. The van der Waals surface area contributed by atoms with Crippen molar-refractivity contribution >= 4 is 17.4 Å². The van der Waals surface area contributed by atoms with Crippen molar-refractivity contribution in [3.05, 3.63) is 30.1 Å². The second-order valence-corrected chi connectivity index (χ2v) is 5.89. The van der Waals surface area contributed by atoms with Crippen LogP contribution in [0.3, 0.4) is 0 Å². The summed E-state index contributed by atoms with van der Waals surface area (Å²) in [5.74, 6) is 0.0647. The Morgan fingerprint density at radius 3 is 2.30 bits per heavy atom. The number of rotatable bonds is 2. The van der Waals surface area contributed by atoms with E-state index in [1.165, 1.54) is 12.1 Å². The van der Waals surface area contributed by atoms with Crippen LogP contribution >= 0.6 is 0 Å². The zero-order chi connectivity index (χ0) is 14.1. The molecule has 2 saturated carbocycles. The summed E-state index contributed by atoms with van der Waals surface area (Å²) in [5, 5.41) is 2.83. The van der Waals surface area contributed by atoms with E-state index in [1.54, 1.807) is 12.1 Å². The molecule has 0 radical (unpaired) electrons. The van der Waals surface area contributed by atoms with Crippen molar-refractivity contribution < 1.29 is 14.0 Å². The largest absolute Gasteiger partial charge is 0.326 e. The molecule has 2 bridgehead atoms. The molecule has 2 atom stereocenters. The maximum atomic E-state index is 12.8. The number of benzene rings is 1. The number of carbonyl (C=O) groups excluding carboxylic acids is 2. The topological polar surface area (TPSA) is 46.2 Å². The van der Waals surface area contributed by atoms with E-state index >= 15 is 0 Å². The number of ketones is 1. The van der Waals surface area contributed by atoms with Gasteiger partial charge in [-0.1, -0.05) is 6.42 Å². The van der Waals surface area contributed by atoms with Gasteiger partial charge in [-0.15, -0.1) is 0 Å². The lowest BCUT2D eigenvalue weighted by atomic mass is 9.67. The fourth-order valence-electron chi connectivity index (χ4n) is 3.47. The highest BCUT2D eigenvalue weighted by Gasteiger charge is 2.41. The predicted molar refractivity (Wildman–Crippen MR) is 73.6 cm³/mol.